The SMILES string of the molecule is Cc1ccccc1CC(Br)c1cc(Br)ccc1Cl. The summed E-state index contributed by atoms with van der Waals surface area (Å²) in [5, 5.41) is 0.800. The summed E-state index contributed by atoms with van der Waals surface area (Å²) in [6.45, 7) is 2.14. The van der Waals surface area contributed by atoms with Crippen LogP contribution >= 0.6 is 43.5 Å². The second-order valence-electron chi connectivity index (χ2n) is 4.26. The zero-order chi connectivity index (χ0) is 13.1. The van der Waals surface area contributed by atoms with Gasteiger partial charge in [-0.3, -0.25) is 0 Å². The predicted octanol–water partition coefficient (Wildman–Crippen LogP) is 6.09. The van der Waals surface area contributed by atoms with Crippen LogP contribution in [-0.4, -0.2) is 0 Å². The lowest BCUT2D eigenvalue weighted by Crippen LogP contribution is -1.98. The summed E-state index contributed by atoms with van der Waals surface area (Å²) in [6.07, 6.45) is 0.933. The predicted molar refractivity (Wildman–Crippen MR) is 85.7 cm³/mol. The third-order valence-corrected chi connectivity index (χ3v) is 4.61. The van der Waals surface area contributed by atoms with E-state index in [4.69, 9.17) is 11.6 Å². The van der Waals surface area contributed by atoms with Crippen molar-refractivity contribution < 1.29 is 0 Å². The molecule has 0 aliphatic carbocycles. The van der Waals surface area contributed by atoms with Crippen molar-refractivity contribution in [2.24, 2.45) is 0 Å². The molecule has 0 nitrogen and oxygen atoms in total. The average Bonchev–Trinajstić information content (AvgIpc) is 2.35. The first-order chi connectivity index (χ1) is 8.58. The molecule has 0 spiro atoms. The number of alkyl halides is 1. The van der Waals surface area contributed by atoms with Crippen LogP contribution in [0.4, 0.5) is 0 Å². The molecule has 0 aromatic heterocycles. The van der Waals surface area contributed by atoms with Crippen LogP contribution in [0.5, 0.6) is 0 Å². The Bertz CT molecular complexity index is 552. The van der Waals surface area contributed by atoms with Gasteiger partial charge < -0.3 is 0 Å². The highest BCUT2D eigenvalue weighted by atomic mass is 79.9. The molecule has 0 heterocycles. The Balaban J connectivity index is 2.25. The summed E-state index contributed by atoms with van der Waals surface area (Å²) < 4.78 is 1.05. The van der Waals surface area contributed by atoms with Crippen LogP contribution in [-0.2, 0) is 6.42 Å². The van der Waals surface area contributed by atoms with Gasteiger partial charge in [0.2, 0.25) is 0 Å². The summed E-state index contributed by atoms with van der Waals surface area (Å²) in [7, 11) is 0. The lowest BCUT2D eigenvalue weighted by molar-refractivity contribution is 0.938. The minimum Gasteiger partial charge on any atom is -0.0840 e. The molecule has 3 heteroatoms. The first-order valence-electron chi connectivity index (χ1n) is 5.71. The van der Waals surface area contributed by atoms with E-state index in [0.29, 0.717) is 0 Å². The maximum atomic E-state index is 6.25. The Morgan fingerprint density at radius 2 is 1.89 bits per heavy atom. The van der Waals surface area contributed by atoms with Gasteiger partial charge in [-0.1, -0.05) is 67.7 Å². The summed E-state index contributed by atoms with van der Waals surface area (Å²) in [5.74, 6) is 0. The fourth-order valence-corrected chi connectivity index (χ4v) is 3.38. The fourth-order valence-electron chi connectivity index (χ4n) is 1.90. The lowest BCUT2D eigenvalue weighted by atomic mass is 10.0. The Labute approximate surface area is 130 Å². The minimum atomic E-state index is 0.226. The van der Waals surface area contributed by atoms with Crippen LogP contribution < -0.4 is 0 Å². The normalized spacial score (nSPS) is 12.4. The van der Waals surface area contributed by atoms with Crippen molar-refractivity contribution in [3.63, 3.8) is 0 Å². The summed E-state index contributed by atoms with van der Waals surface area (Å²) in [5.41, 5.74) is 3.78. The van der Waals surface area contributed by atoms with Crippen LogP contribution in [0.2, 0.25) is 5.02 Å². The topological polar surface area (TPSA) is 0 Å². The van der Waals surface area contributed by atoms with Crippen molar-refractivity contribution in [2.45, 2.75) is 18.2 Å². The molecule has 1 atom stereocenters. The molecule has 2 aromatic carbocycles. The summed E-state index contributed by atoms with van der Waals surface area (Å²) in [6, 6.07) is 14.4. The zero-order valence-electron chi connectivity index (χ0n) is 9.96. The van der Waals surface area contributed by atoms with E-state index in [2.05, 4.69) is 69.1 Å². The molecule has 0 bridgehead atoms. The highest BCUT2D eigenvalue weighted by molar-refractivity contribution is 9.10. The van der Waals surface area contributed by atoms with E-state index in [1.54, 1.807) is 0 Å². The first kappa shape index (κ1) is 14.1. The van der Waals surface area contributed by atoms with Crippen LogP contribution in [0.3, 0.4) is 0 Å². The maximum Gasteiger partial charge on any atom is 0.0450 e. The standard InChI is InChI=1S/C15H13Br2Cl/c1-10-4-2-3-5-11(10)8-14(17)13-9-12(16)6-7-15(13)18/h2-7,9,14H,8H2,1H3. The fraction of sp³-hybridized carbons (Fsp3) is 0.200. The molecule has 0 aliphatic heterocycles. The van der Waals surface area contributed by atoms with Gasteiger partial charge >= 0.3 is 0 Å². The van der Waals surface area contributed by atoms with Gasteiger partial charge in [0.05, 0.1) is 0 Å². The van der Waals surface area contributed by atoms with Gasteiger partial charge in [-0.15, -0.1) is 0 Å². The molecular formula is C15H13Br2Cl. The molecule has 18 heavy (non-hydrogen) atoms. The van der Waals surface area contributed by atoms with E-state index >= 15 is 0 Å². The number of halogens is 3. The molecule has 0 saturated carbocycles. The molecule has 2 aromatic rings. The Kier molecular flexibility index (Phi) is 4.88. The molecule has 0 aliphatic rings. The molecule has 0 radical (unpaired) electrons. The summed E-state index contributed by atoms with van der Waals surface area (Å²) in [4.78, 5) is 0.226. The van der Waals surface area contributed by atoms with Gasteiger partial charge in [0.1, 0.15) is 0 Å². The third kappa shape index (κ3) is 3.37. The Hall–Kier alpha value is -0.310. The molecule has 0 N–H and O–H groups in total. The van der Waals surface area contributed by atoms with Gasteiger partial charge in [-0.25, -0.2) is 0 Å². The van der Waals surface area contributed by atoms with E-state index in [1.165, 1.54) is 11.1 Å². The lowest BCUT2D eigenvalue weighted by Gasteiger charge is -2.14. The van der Waals surface area contributed by atoms with E-state index in [-0.39, 0.29) is 4.83 Å². The Morgan fingerprint density at radius 1 is 1.17 bits per heavy atom. The molecule has 0 saturated heterocycles. The number of aryl methyl sites for hydroxylation is 1. The van der Waals surface area contributed by atoms with Crippen molar-refractivity contribution in [1.29, 1.82) is 0 Å². The number of hydrogen-bond acceptors (Lipinski definition) is 0. The van der Waals surface area contributed by atoms with Crippen molar-refractivity contribution in [1.82, 2.24) is 0 Å². The smallest absolute Gasteiger partial charge is 0.0450 e. The Morgan fingerprint density at radius 3 is 2.61 bits per heavy atom. The number of hydrogen-bond donors (Lipinski definition) is 0. The van der Waals surface area contributed by atoms with Gasteiger partial charge in [-0.05, 0) is 48.2 Å². The monoisotopic (exact) mass is 386 g/mol. The van der Waals surface area contributed by atoms with Crippen LogP contribution in [0, 0.1) is 6.92 Å². The van der Waals surface area contributed by atoms with Gasteiger partial charge in [-0.2, -0.15) is 0 Å². The van der Waals surface area contributed by atoms with E-state index < -0.39 is 0 Å². The second kappa shape index (κ2) is 6.23. The van der Waals surface area contributed by atoms with Crippen molar-refractivity contribution in [2.75, 3.05) is 0 Å². The molecule has 0 amide bonds. The molecule has 0 fully saturated rings. The second-order valence-corrected chi connectivity index (χ2v) is 6.69. The van der Waals surface area contributed by atoms with Crippen LogP contribution in [0.1, 0.15) is 21.5 Å². The molecular weight excluding hydrogens is 375 g/mol. The largest absolute Gasteiger partial charge is 0.0840 e. The molecule has 2 rings (SSSR count). The highest BCUT2D eigenvalue weighted by Crippen LogP contribution is 2.34. The first-order valence-corrected chi connectivity index (χ1v) is 7.80. The third-order valence-electron chi connectivity index (χ3n) is 2.96. The maximum absolute atomic E-state index is 6.25. The minimum absolute atomic E-state index is 0.226. The van der Waals surface area contributed by atoms with Crippen molar-refractivity contribution >= 4 is 43.5 Å². The van der Waals surface area contributed by atoms with Gasteiger partial charge in [0, 0.05) is 14.3 Å². The van der Waals surface area contributed by atoms with E-state index in [1.807, 2.05) is 12.1 Å². The van der Waals surface area contributed by atoms with Crippen molar-refractivity contribution in [3.05, 3.63) is 68.7 Å². The highest BCUT2D eigenvalue weighted by Gasteiger charge is 2.13. The van der Waals surface area contributed by atoms with Gasteiger partial charge in [0.15, 0.2) is 0 Å². The number of benzene rings is 2. The van der Waals surface area contributed by atoms with Crippen LogP contribution in [0.15, 0.2) is 46.9 Å². The summed E-state index contributed by atoms with van der Waals surface area (Å²) >= 11 is 13.5. The van der Waals surface area contributed by atoms with E-state index in [9.17, 15) is 0 Å². The van der Waals surface area contributed by atoms with Gasteiger partial charge in [0.25, 0.3) is 0 Å². The van der Waals surface area contributed by atoms with E-state index in [0.717, 1.165) is 21.5 Å². The number of rotatable bonds is 3. The van der Waals surface area contributed by atoms with Crippen molar-refractivity contribution in [3.8, 4) is 0 Å². The average molecular weight is 389 g/mol. The zero-order valence-corrected chi connectivity index (χ0v) is 13.9. The molecule has 94 valence electrons. The molecule has 1 unspecified atom stereocenters. The quantitative estimate of drug-likeness (QED) is 0.558. The van der Waals surface area contributed by atoms with Crippen LogP contribution in [0.25, 0.3) is 0 Å².